The number of nitrogens with one attached hydrogen (secondary N) is 2. The molecule has 1 heterocycles. The zero-order chi connectivity index (χ0) is 17.1. The fourth-order valence-electron chi connectivity index (χ4n) is 3.42. The van der Waals surface area contributed by atoms with E-state index in [0.29, 0.717) is 18.6 Å². The molecule has 0 unspecified atom stereocenters. The number of hydrogen-bond donors (Lipinski definition) is 2. The normalized spacial score (nSPS) is 25.1. The first kappa shape index (κ1) is 17.2. The van der Waals surface area contributed by atoms with Gasteiger partial charge in [-0.05, 0) is 57.3 Å². The van der Waals surface area contributed by atoms with E-state index in [0.717, 1.165) is 29.4 Å². The van der Waals surface area contributed by atoms with Gasteiger partial charge < -0.3 is 15.2 Å². The smallest absolute Gasteiger partial charge is 0.192 e. The van der Waals surface area contributed by atoms with Crippen LogP contribution in [-0.2, 0) is 13.6 Å². The van der Waals surface area contributed by atoms with Crippen LogP contribution in [0, 0.1) is 18.8 Å². The van der Waals surface area contributed by atoms with Crippen molar-refractivity contribution in [3.63, 3.8) is 0 Å². The molecular weight excluding hydrogens is 300 g/mol. The highest BCUT2D eigenvalue weighted by atomic mass is 15.3. The van der Waals surface area contributed by atoms with Gasteiger partial charge in [-0.15, -0.1) is 10.2 Å². The van der Waals surface area contributed by atoms with Crippen molar-refractivity contribution in [1.29, 1.82) is 0 Å². The summed E-state index contributed by atoms with van der Waals surface area (Å²) in [5.41, 5.74) is 0. The van der Waals surface area contributed by atoms with E-state index in [1.165, 1.54) is 38.5 Å². The first-order valence-corrected chi connectivity index (χ1v) is 9.45. The van der Waals surface area contributed by atoms with E-state index in [1.54, 1.807) is 0 Å². The van der Waals surface area contributed by atoms with E-state index in [-0.39, 0.29) is 0 Å². The molecule has 0 atom stereocenters. The monoisotopic (exact) mass is 332 g/mol. The predicted molar refractivity (Wildman–Crippen MR) is 96.8 cm³/mol. The third-order valence-corrected chi connectivity index (χ3v) is 5.54. The predicted octanol–water partition coefficient (Wildman–Crippen LogP) is 2.54. The number of guanidine groups is 1. The zero-order valence-corrected chi connectivity index (χ0v) is 15.5. The Morgan fingerprint density at radius 3 is 2.12 bits per heavy atom. The van der Waals surface area contributed by atoms with E-state index in [1.807, 2.05) is 18.5 Å². The second kappa shape index (κ2) is 7.53. The molecule has 0 saturated heterocycles. The van der Waals surface area contributed by atoms with Crippen LogP contribution in [0.15, 0.2) is 4.99 Å². The highest BCUT2D eigenvalue weighted by molar-refractivity contribution is 5.80. The van der Waals surface area contributed by atoms with Crippen molar-refractivity contribution in [1.82, 2.24) is 25.4 Å². The molecule has 0 bridgehead atoms. The Bertz CT molecular complexity index is 564. The van der Waals surface area contributed by atoms with Crippen molar-refractivity contribution in [2.45, 2.75) is 77.9 Å². The fourth-order valence-corrected chi connectivity index (χ4v) is 3.42. The molecular formula is C18H32N6. The zero-order valence-electron chi connectivity index (χ0n) is 15.5. The van der Waals surface area contributed by atoms with Crippen LogP contribution in [0.4, 0.5) is 0 Å². The number of nitrogens with zero attached hydrogens (tertiary/aromatic N) is 4. The average molecular weight is 332 g/mol. The van der Waals surface area contributed by atoms with Gasteiger partial charge in [0, 0.05) is 19.1 Å². The topological polar surface area (TPSA) is 67.1 Å². The lowest BCUT2D eigenvalue weighted by atomic mass is 9.80. The van der Waals surface area contributed by atoms with E-state index >= 15 is 0 Å². The molecule has 2 aliphatic rings. The summed E-state index contributed by atoms with van der Waals surface area (Å²) in [4.78, 5) is 4.77. The molecule has 0 amide bonds. The summed E-state index contributed by atoms with van der Waals surface area (Å²) in [5, 5.41) is 15.5. The number of aryl methyl sites for hydroxylation is 1. The van der Waals surface area contributed by atoms with E-state index in [9.17, 15) is 0 Å². The second-order valence-electron chi connectivity index (χ2n) is 7.81. The first-order chi connectivity index (χ1) is 11.5. The third kappa shape index (κ3) is 4.48. The molecule has 0 aromatic carbocycles. The molecule has 6 heteroatoms. The van der Waals surface area contributed by atoms with Crippen LogP contribution in [0.25, 0.3) is 0 Å². The highest BCUT2D eigenvalue weighted by Gasteiger charge is 2.26. The van der Waals surface area contributed by atoms with Crippen molar-refractivity contribution >= 4 is 5.96 Å². The van der Waals surface area contributed by atoms with Crippen molar-refractivity contribution in [3.8, 4) is 0 Å². The maximum Gasteiger partial charge on any atom is 0.192 e. The van der Waals surface area contributed by atoms with Gasteiger partial charge >= 0.3 is 0 Å². The van der Waals surface area contributed by atoms with Crippen LogP contribution in [-0.4, -0.2) is 32.8 Å². The van der Waals surface area contributed by atoms with Crippen molar-refractivity contribution in [2.75, 3.05) is 0 Å². The van der Waals surface area contributed by atoms with Gasteiger partial charge in [-0.3, -0.25) is 0 Å². The highest BCUT2D eigenvalue weighted by Crippen LogP contribution is 2.30. The first-order valence-electron chi connectivity index (χ1n) is 9.45. The Labute approximate surface area is 145 Å². The van der Waals surface area contributed by atoms with Gasteiger partial charge in [0.25, 0.3) is 0 Å². The molecule has 0 radical (unpaired) electrons. The molecule has 134 valence electrons. The van der Waals surface area contributed by atoms with E-state index < -0.39 is 0 Å². The summed E-state index contributed by atoms with van der Waals surface area (Å²) >= 11 is 0. The van der Waals surface area contributed by atoms with Gasteiger partial charge in [-0.1, -0.05) is 13.8 Å². The molecule has 24 heavy (non-hydrogen) atoms. The van der Waals surface area contributed by atoms with Crippen LogP contribution >= 0.6 is 0 Å². The summed E-state index contributed by atoms with van der Waals surface area (Å²) in [6, 6.07) is 1.15. The van der Waals surface area contributed by atoms with Gasteiger partial charge in [0.1, 0.15) is 12.4 Å². The number of aliphatic imine (C=N–C) groups is 1. The summed E-state index contributed by atoms with van der Waals surface area (Å²) < 4.78 is 2.01. The molecule has 2 saturated carbocycles. The van der Waals surface area contributed by atoms with Gasteiger partial charge in [-0.25, -0.2) is 4.99 Å². The van der Waals surface area contributed by atoms with Gasteiger partial charge in [0.2, 0.25) is 0 Å². The Morgan fingerprint density at radius 1 is 1.08 bits per heavy atom. The van der Waals surface area contributed by atoms with E-state index in [4.69, 9.17) is 4.99 Å². The maximum atomic E-state index is 4.77. The number of aromatic nitrogens is 3. The van der Waals surface area contributed by atoms with Crippen LogP contribution in [0.2, 0.25) is 0 Å². The molecule has 1 aromatic heterocycles. The molecule has 2 N–H and O–H groups in total. The lowest BCUT2D eigenvalue weighted by Gasteiger charge is -2.32. The van der Waals surface area contributed by atoms with Crippen LogP contribution < -0.4 is 10.6 Å². The van der Waals surface area contributed by atoms with Gasteiger partial charge in [0.15, 0.2) is 11.8 Å². The minimum Gasteiger partial charge on any atom is -0.354 e. The Morgan fingerprint density at radius 2 is 1.67 bits per heavy atom. The molecule has 3 rings (SSSR count). The second-order valence-corrected chi connectivity index (χ2v) is 7.81. The van der Waals surface area contributed by atoms with E-state index in [2.05, 4.69) is 34.7 Å². The molecule has 6 nitrogen and oxygen atoms in total. The van der Waals surface area contributed by atoms with Gasteiger partial charge in [-0.2, -0.15) is 0 Å². The minimum atomic E-state index is 0.547. The molecule has 1 aromatic rings. The molecule has 2 aliphatic carbocycles. The molecule has 0 aliphatic heterocycles. The van der Waals surface area contributed by atoms with Crippen LogP contribution in [0.3, 0.4) is 0 Å². The third-order valence-electron chi connectivity index (χ3n) is 5.54. The Balaban J connectivity index is 1.57. The fraction of sp³-hybridized carbons (Fsp3) is 0.833. The number of hydrogen-bond acceptors (Lipinski definition) is 3. The van der Waals surface area contributed by atoms with Crippen LogP contribution in [0.5, 0.6) is 0 Å². The quantitative estimate of drug-likeness (QED) is 0.642. The lowest BCUT2D eigenvalue weighted by molar-refractivity contribution is 0.250. The van der Waals surface area contributed by atoms with Crippen molar-refractivity contribution in [2.24, 2.45) is 23.9 Å². The summed E-state index contributed by atoms with van der Waals surface area (Å²) in [5.74, 6) is 4.49. The lowest BCUT2D eigenvalue weighted by Crippen LogP contribution is -2.46. The van der Waals surface area contributed by atoms with Gasteiger partial charge in [0.05, 0.1) is 0 Å². The largest absolute Gasteiger partial charge is 0.354 e. The van der Waals surface area contributed by atoms with Crippen LogP contribution in [0.1, 0.15) is 64.0 Å². The maximum absolute atomic E-state index is 4.77. The standard InChI is InChI=1S/C18H32N6/c1-12(2)14-5-7-15(8-6-14)20-18(21-16-9-10-16)19-11-17-23-22-13(3)24(17)4/h12,14-16H,5-11H2,1-4H3,(H2,19,20,21). The summed E-state index contributed by atoms with van der Waals surface area (Å²) in [7, 11) is 1.99. The minimum absolute atomic E-state index is 0.547. The summed E-state index contributed by atoms with van der Waals surface area (Å²) in [6.45, 7) is 7.24. The van der Waals surface area contributed by atoms with Crippen molar-refractivity contribution < 1.29 is 0 Å². The van der Waals surface area contributed by atoms with Crippen molar-refractivity contribution in [3.05, 3.63) is 11.6 Å². The molecule has 2 fully saturated rings. The molecule has 0 spiro atoms. The number of rotatable bonds is 5. The SMILES string of the molecule is Cc1nnc(CN=C(NC2CC2)NC2CCC(C(C)C)CC2)n1C. The summed E-state index contributed by atoms with van der Waals surface area (Å²) in [6.07, 6.45) is 7.66. The Kier molecular flexibility index (Phi) is 5.41. The average Bonchev–Trinajstić information content (AvgIpc) is 3.32. The Hall–Kier alpha value is -1.59.